The summed E-state index contributed by atoms with van der Waals surface area (Å²) in [6.45, 7) is 3.29. The van der Waals surface area contributed by atoms with E-state index >= 15 is 0 Å². The standard InChI is InChI=1S/C9H12FNS/c1-7-4-8(5-12-7)9(10)2-3-11-6-9/h4-5,11H,2-3,6H2,1H3. The molecule has 1 atom stereocenters. The number of aryl methyl sites for hydroxylation is 1. The molecule has 0 aromatic carbocycles. The molecule has 1 aromatic heterocycles. The van der Waals surface area contributed by atoms with E-state index in [2.05, 4.69) is 5.32 Å². The van der Waals surface area contributed by atoms with E-state index in [1.807, 2.05) is 18.4 Å². The van der Waals surface area contributed by atoms with Gasteiger partial charge in [0.2, 0.25) is 0 Å². The van der Waals surface area contributed by atoms with Crippen molar-refractivity contribution in [2.75, 3.05) is 13.1 Å². The zero-order chi connectivity index (χ0) is 8.60. The second-order valence-electron chi connectivity index (χ2n) is 3.34. The van der Waals surface area contributed by atoms with E-state index in [1.54, 1.807) is 11.3 Å². The van der Waals surface area contributed by atoms with Crippen LogP contribution < -0.4 is 5.32 Å². The number of hydrogen-bond donors (Lipinski definition) is 1. The predicted molar refractivity (Wildman–Crippen MR) is 49.3 cm³/mol. The zero-order valence-corrected chi connectivity index (χ0v) is 7.88. The summed E-state index contributed by atoms with van der Waals surface area (Å²) in [6, 6.07) is 1.96. The lowest BCUT2D eigenvalue weighted by Gasteiger charge is -2.15. The number of thiophene rings is 1. The molecule has 12 heavy (non-hydrogen) atoms. The lowest BCUT2D eigenvalue weighted by molar-refractivity contribution is 0.194. The third-order valence-electron chi connectivity index (χ3n) is 2.35. The average Bonchev–Trinajstić information content (AvgIpc) is 2.59. The third-order valence-corrected chi connectivity index (χ3v) is 3.21. The van der Waals surface area contributed by atoms with Gasteiger partial charge in [0.05, 0.1) is 0 Å². The van der Waals surface area contributed by atoms with Crippen molar-refractivity contribution in [3.8, 4) is 0 Å². The third kappa shape index (κ3) is 1.27. The van der Waals surface area contributed by atoms with E-state index in [-0.39, 0.29) is 0 Å². The monoisotopic (exact) mass is 185 g/mol. The summed E-state index contributed by atoms with van der Waals surface area (Å²) in [5.41, 5.74) is -0.236. The Morgan fingerprint density at radius 1 is 1.67 bits per heavy atom. The van der Waals surface area contributed by atoms with E-state index in [9.17, 15) is 4.39 Å². The molecule has 1 aliphatic rings. The van der Waals surface area contributed by atoms with Gasteiger partial charge in [-0.25, -0.2) is 4.39 Å². The number of alkyl halides is 1. The highest BCUT2D eigenvalue weighted by Gasteiger charge is 2.35. The molecule has 2 heterocycles. The van der Waals surface area contributed by atoms with Crippen LogP contribution in [0.4, 0.5) is 4.39 Å². The molecular formula is C9H12FNS. The molecule has 3 heteroatoms. The van der Waals surface area contributed by atoms with Crippen LogP contribution in [0.3, 0.4) is 0 Å². The van der Waals surface area contributed by atoms with Crippen LogP contribution in [0.5, 0.6) is 0 Å². The Labute approximate surface area is 75.6 Å². The smallest absolute Gasteiger partial charge is 0.150 e. The Morgan fingerprint density at radius 3 is 3.00 bits per heavy atom. The van der Waals surface area contributed by atoms with Gasteiger partial charge in [-0.2, -0.15) is 0 Å². The molecule has 0 saturated carbocycles. The molecule has 1 aromatic rings. The Balaban J connectivity index is 2.28. The van der Waals surface area contributed by atoms with Gasteiger partial charge in [0.15, 0.2) is 0 Å². The summed E-state index contributed by atoms with van der Waals surface area (Å²) in [4.78, 5) is 1.19. The average molecular weight is 185 g/mol. The van der Waals surface area contributed by atoms with Crippen molar-refractivity contribution in [1.82, 2.24) is 5.32 Å². The molecule has 1 saturated heterocycles. The van der Waals surface area contributed by atoms with Gasteiger partial charge in [-0.05, 0) is 31.3 Å². The van der Waals surface area contributed by atoms with Gasteiger partial charge in [-0.1, -0.05) is 0 Å². The molecule has 1 fully saturated rings. The molecule has 0 spiro atoms. The first-order valence-corrected chi connectivity index (χ1v) is 5.04. The topological polar surface area (TPSA) is 12.0 Å². The first-order valence-electron chi connectivity index (χ1n) is 4.16. The van der Waals surface area contributed by atoms with Gasteiger partial charge in [0, 0.05) is 17.0 Å². The number of nitrogens with one attached hydrogen (secondary N) is 1. The summed E-state index contributed by atoms with van der Waals surface area (Å²) in [5.74, 6) is 0. The lowest BCUT2D eigenvalue weighted by atomic mass is 9.98. The fourth-order valence-electron chi connectivity index (χ4n) is 1.59. The molecule has 0 radical (unpaired) electrons. The molecule has 2 rings (SSSR count). The van der Waals surface area contributed by atoms with Crippen LogP contribution in [0.25, 0.3) is 0 Å². The van der Waals surface area contributed by atoms with E-state index in [0.29, 0.717) is 13.0 Å². The van der Waals surface area contributed by atoms with Gasteiger partial charge in [0.25, 0.3) is 0 Å². The minimum Gasteiger partial charge on any atom is -0.313 e. The zero-order valence-electron chi connectivity index (χ0n) is 7.06. The maximum absolute atomic E-state index is 14.0. The fraction of sp³-hybridized carbons (Fsp3) is 0.556. The second kappa shape index (κ2) is 2.82. The minimum atomic E-state index is -1.09. The highest BCUT2D eigenvalue weighted by molar-refractivity contribution is 7.10. The van der Waals surface area contributed by atoms with E-state index in [0.717, 1.165) is 12.1 Å². The maximum atomic E-state index is 14.0. The molecule has 66 valence electrons. The van der Waals surface area contributed by atoms with Crippen molar-refractivity contribution in [3.05, 3.63) is 21.9 Å². The highest BCUT2D eigenvalue weighted by Crippen LogP contribution is 2.34. The SMILES string of the molecule is Cc1cc(C2(F)CCNC2)cs1. The Hall–Kier alpha value is -0.410. The first kappa shape index (κ1) is 8.20. The molecule has 0 amide bonds. The summed E-state index contributed by atoms with van der Waals surface area (Å²) in [5, 5.41) is 4.98. The predicted octanol–water partition coefficient (Wildman–Crippen LogP) is 2.21. The van der Waals surface area contributed by atoms with Gasteiger partial charge in [-0.3, -0.25) is 0 Å². The fourth-order valence-corrected chi connectivity index (χ4v) is 2.37. The molecule has 1 unspecified atom stereocenters. The molecule has 0 bridgehead atoms. The largest absolute Gasteiger partial charge is 0.313 e. The number of halogens is 1. The quantitative estimate of drug-likeness (QED) is 0.707. The first-order chi connectivity index (χ1) is 5.71. The van der Waals surface area contributed by atoms with Crippen molar-refractivity contribution >= 4 is 11.3 Å². The molecule has 1 nitrogen and oxygen atoms in total. The Morgan fingerprint density at radius 2 is 2.50 bits per heavy atom. The summed E-state index contributed by atoms with van der Waals surface area (Å²) in [6.07, 6.45) is 0.614. The van der Waals surface area contributed by atoms with Crippen LogP contribution in [-0.4, -0.2) is 13.1 Å². The number of rotatable bonds is 1. The Kier molecular flexibility index (Phi) is 1.93. The van der Waals surface area contributed by atoms with E-state index in [1.165, 1.54) is 4.88 Å². The van der Waals surface area contributed by atoms with Crippen molar-refractivity contribution in [2.24, 2.45) is 0 Å². The van der Waals surface area contributed by atoms with Crippen molar-refractivity contribution in [1.29, 1.82) is 0 Å². The van der Waals surface area contributed by atoms with Crippen molar-refractivity contribution < 1.29 is 4.39 Å². The van der Waals surface area contributed by atoms with Crippen LogP contribution in [0.1, 0.15) is 16.9 Å². The van der Waals surface area contributed by atoms with Crippen molar-refractivity contribution in [2.45, 2.75) is 19.0 Å². The summed E-state index contributed by atoms with van der Waals surface area (Å²) in [7, 11) is 0. The lowest BCUT2D eigenvalue weighted by Crippen LogP contribution is -2.22. The minimum absolute atomic E-state index is 0.475. The molecular weight excluding hydrogens is 173 g/mol. The van der Waals surface area contributed by atoms with Gasteiger partial charge < -0.3 is 5.32 Å². The van der Waals surface area contributed by atoms with E-state index in [4.69, 9.17) is 0 Å². The van der Waals surface area contributed by atoms with Crippen LogP contribution in [-0.2, 0) is 5.67 Å². The van der Waals surface area contributed by atoms with Gasteiger partial charge >= 0.3 is 0 Å². The van der Waals surface area contributed by atoms with Crippen LogP contribution in [0.2, 0.25) is 0 Å². The van der Waals surface area contributed by atoms with Gasteiger partial charge in [-0.15, -0.1) is 11.3 Å². The van der Waals surface area contributed by atoms with E-state index < -0.39 is 5.67 Å². The Bertz CT molecular complexity index is 276. The molecule has 0 aliphatic carbocycles. The summed E-state index contributed by atoms with van der Waals surface area (Å²) >= 11 is 1.62. The maximum Gasteiger partial charge on any atom is 0.150 e. The van der Waals surface area contributed by atoms with Crippen LogP contribution in [0, 0.1) is 6.92 Å². The highest BCUT2D eigenvalue weighted by atomic mass is 32.1. The number of hydrogen-bond acceptors (Lipinski definition) is 2. The molecule has 1 aliphatic heterocycles. The van der Waals surface area contributed by atoms with Crippen molar-refractivity contribution in [3.63, 3.8) is 0 Å². The van der Waals surface area contributed by atoms with Gasteiger partial charge in [0.1, 0.15) is 5.67 Å². The molecule has 1 N–H and O–H groups in total. The van der Waals surface area contributed by atoms with Crippen LogP contribution in [0.15, 0.2) is 11.4 Å². The normalized spacial score (nSPS) is 29.5. The van der Waals surface area contributed by atoms with Crippen LogP contribution >= 0.6 is 11.3 Å². The second-order valence-corrected chi connectivity index (χ2v) is 4.45. The summed E-state index contributed by atoms with van der Waals surface area (Å²) < 4.78 is 14.0.